The molecule has 262 valence electrons. The highest BCUT2D eigenvalue weighted by Crippen LogP contribution is 2.54. The lowest BCUT2D eigenvalue weighted by Gasteiger charge is -2.35. The van der Waals surface area contributed by atoms with Crippen molar-refractivity contribution in [2.45, 2.75) is 78.3 Å². The fraction of sp³-hybridized carbons (Fsp3) is 0.295. The van der Waals surface area contributed by atoms with E-state index in [4.69, 9.17) is 4.98 Å². The SMILES string of the molecule is C=C(Nc1cnc(CCCCC2(C(=C)NCC(F)(F)F)c3ccccc3-c3ccccc32)c(C)c1)c1ccccc1CC(/C=C\C)=C/C.CC. The van der Waals surface area contributed by atoms with Crippen LogP contribution in [0.15, 0.2) is 128 Å². The second kappa shape index (κ2) is 17.2. The summed E-state index contributed by atoms with van der Waals surface area (Å²) in [5.74, 6) is 0. The molecule has 1 aliphatic carbocycles. The molecule has 3 aromatic carbocycles. The molecule has 0 unspecified atom stereocenters. The first kappa shape index (κ1) is 38.0. The van der Waals surface area contributed by atoms with Gasteiger partial charge in [-0.1, -0.05) is 124 Å². The molecular weight excluding hydrogens is 627 g/mol. The zero-order chi connectivity index (χ0) is 36.3. The molecule has 1 heterocycles. The molecular formula is C44H50F3N3. The number of nitrogens with zero attached hydrogens (tertiary/aromatic N) is 1. The third-order valence-electron chi connectivity index (χ3n) is 9.27. The molecule has 4 aromatic rings. The van der Waals surface area contributed by atoms with Crippen molar-refractivity contribution in [3.05, 3.63) is 161 Å². The lowest BCUT2D eigenvalue weighted by Crippen LogP contribution is -2.39. The molecule has 0 spiro atoms. The van der Waals surface area contributed by atoms with Gasteiger partial charge in [0, 0.05) is 22.7 Å². The first-order valence-corrected chi connectivity index (χ1v) is 17.5. The number of aromatic nitrogens is 1. The largest absolute Gasteiger partial charge is 0.405 e. The van der Waals surface area contributed by atoms with Crippen LogP contribution in [0.3, 0.4) is 0 Å². The van der Waals surface area contributed by atoms with Crippen LogP contribution in [0.2, 0.25) is 0 Å². The maximum atomic E-state index is 13.3. The minimum atomic E-state index is -4.34. The summed E-state index contributed by atoms with van der Waals surface area (Å²) in [6, 6.07) is 26.4. The Hall–Kier alpha value is -4.84. The quantitative estimate of drug-likeness (QED) is 0.103. The maximum Gasteiger partial charge on any atom is 0.405 e. The summed E-state index contributed by atoms with van der Waals surface area (Å²) < 4.78 is 39.9. The predicted octanol–water partition coefficient (Wildman–Crippen LogP) is 11.9. The highest BCUT2D eigenvalue weighted by Gasteiger charge is 2.45. The van der Waals surface area contributed by atoms with E-state index < -0.39 is 18.1 Å². The lowest BCUT2D eigenvalue weighted by atomic mass is 9.71. The third kappa shape index (κ3) is 8.65. The second-order valence-corrected chi connectivity index (χ2v) is 12.4. The van der Waals surface area contributed by atoms with Crippen LogP contribution in [0.1, 0.15) is 80.5 Å². The Bertz CT molecular complexity index is 1800. The van der Waals surface area contributed by atoms with Crippen LogP contribution in [-0.2, 0) is 18.3 Å². The number of unbranched alkanes of at least 4 members (excludes halogenated alkanes) is 1. The van der Waals surface area contributed by atoms with E-state index in [9.17, 15) is 13.2 Å². The molecule has 2 N–H and O–H groups in total. The van der Waals surface area contributed by atoms with Crippen molar-refractivity contribution in [3.63, 3.8) is 0 Å². The average molecular weight is 678 g/mol. The number of allylic oxidation sites excluding steroid dienone is 5. The van der Waals surface area contributed by atoms with Crippen LogP contribution in [0.25, 0.3) is 16.8 Å². The number of hydrogen-bond donors (Lipinski definition) is 2. The molecule has 1 aromatic heterocycles. The highest BCUT2D eigenvalue weighted by molar-refractivity contribution is 5.83. The van der Waals surface area contributed by atoms with Gasteiger partial charge in [-0.15, -0.1) is 0 Å². The van der Waals surface area contributed by atoms with Crippen LogP contribution in [0.5, 0.6) is 0 Å². The van der Waals surface area contributed by atoms with Gasteiger partial charge in [-0.3, -0.25) is 4.98 Å². The monoisotopic (exact) mass is 677 g/mol. The van der Waals surface area contributed by atoms with Crippen molar-refractivity contribution in [3.8, 4) is 11.1 Å². The maximum absolute atomic E-state index is 13.3. The standard InChI is InChI=1S/C42H44F3N3.C2H6/c1-6-16-32(7-2)26-33-17-8-9-18-35(33)30(4)48-34-25-29(3)40(46-27-34)23-14-15-24-41(31(5)47-28-42(43,44)45)38-21-12-10-19-36(38)37-20-11-13-22-39(37)41;1-2/h6-13,16-22,25,27,47-48H,4-5,14-15,23-24,26,28H2,1-3H3;1-2H3/b16-6-,32-7+;. The Morgan fingerprint density at radius 3 is 2.10 bits per heavy atom. The predicted molar refractivity (Wildman–Crippen MR) is 205 cm³/mol. The summed E-state index contributed by atoms with van der Waals surface area (Å²) in [7, 11) is 0. The van der Waals surface area contributed by atoms with E-state index in [-0.39, 0.29) is 0 Å². The van der Waals surface area contributed by atoms with E-state index in [1.807, 2.05) is 81.6 Å². The minimum Gasteiger partial charge on any atom is -0.379 e. The summed E-state index contributed by atoms with van der Waals surface area (Å²) in [5, 5.41) is 6.12. The van der Waals surface area contributed by atoms with Crippen LogP contribution >= 0.6 is 0 Å². The molecule has 0 radical (unpaired) electrons. The molecule has 0 saturated carbocycles. The fourth-order valence-electron chi connectivity index (χ4n) is 6.95. The Labute approximate surface area is 296 Å². The minimum absolute atomic E-state index is 0.382. The molecule has 1 aliphatic rings. The van der Waals surface area contributed by atoms with Crippen LogP contribution in [0, 0.1) is 6.92 Å². The average Bonchev–Trinajstić information content (AvgIpc) is 3.41. The summed E-state index contributed by atoms with van der Waals surface area (Å²) in [5.41, 5.74) is 11.0. The number of rotatable bonds is 14. The first-order chi connectivity index (χ1) is 24.1. The van der Waals surface area contributed by atoms with Crippen molar-refractivity contribution < 1.29 is 13.2 Å². The Morgan fingerprint density at radius 2 is 1.50 bits per heavy atom. The van der Waals surface area contributed by atoms with Crippen LogP contribution < -0.4 is 10.6 Å². The molecule has 6 heteroatoms. The van der Waals surface area contributed by atoms with Gasteiger partial charge in [-0.2, -0.15) is 13.2 Å². The number of nitrogens with one attached hydrogen (secondary N) is 2. The molecule has 0 aliphatic heterocycles. The number of halogens is 3. The lowest BCUT2D eigenvalue weighted by molar-refractivity contribution is -0.123. The number of fused-ring (bicyclic) bond motifs is 3. The van der Waals surface area contributed by atoms with E-state index in [1.54, 1.807) is 0 Å². The van der Waals surface area contributed by atoms with Gasteiger partial charge in [-0.25, -0.2) is 0 Å². The van der Waals surface area contributed by atoms with Crippen molar-refractivity contribution >= 4 is 11.4 Å². The molecule has 3 nitrogen and oxygen atoms in total. The zero-order valence-corrected chi connectivity index (χ0v) is 30.1. The van der Waals surface area contributed by atoms with E-state index in [2.05, 4.69) is 80.1 Å². The first-order valence-electron chi connectivity index (χ1n) is 17.5. The van der Waals surface area contributed by atoms with E-state index in [1.165, 1.54) is 11.1 Å². The number of aryl methyl sites for hydroxylation is 2. The topological polar surface area (TPSA) is 37.0 Å². The summed E-state index contributed by atoms with van der Waals surface area (Å²) in [6.07, 6.45) is 7.64. The van der Waals surface area contributed by atoms with Gasteiger partial charge in [0.2, 0.25) is 0 Å². The fourth-order valence-corrected chi connectivity index (χ4v) is 6.95. The van der Waals surface area contributed by atoms with Gasteiger partial charge >= 0.3 is 6.18 Å². The molecule has 0 amide bonds. The van der Waals surface area contributed by atoms with Crippen molar-refractivity contribution in [1.82, 2.24) is 10.3 Å². The Kier molecular flexibility index (Phi) is 13.1. The van der Waals surface area contributed by atoms with Crippen molar-refractivity contribution in [2.75, 3.05) is 11.9 Å². The van der Waals surface area contributed by atoms with Gasteiger partial charge in [0.25, 0.3) is 0 Å². The van der Waals surface area contributed by atoms with Gasteiger partial charge < -0.3 is 10.6 Å². The van der Waals surface area contributed by atoms with Crippen LogP contribution in [0.4, 0.5) is 18.9 Å². The van der Waals surface area contributed by atoms with Gasteiger partial charge in [0.05, 0.1) is 17.3 Å². The molecule has 5 rings (SSSR count). The van der Waals surface area contributed by atoms with E-state index in [0.29, 0.717) is 12.1 Å². The van der Waals surface area contributed by atoms with E-state index in [0.717, 1.165) is 76.1 Å². The molecule has 0 atom stereocenters. The Balaban J connectivity index is 0.00000276. The summed E-state index contributed by atoms with van der Waals surface area (Å²) >= 11 is 0. The van der Waals surface area contributed by atoms with Crippen molar-refractivity contribution in [1.29, 1.82) is 0 Å². The van der Waals surface area contributed by atoms with Gasteiger partial charge in [0.15, 0.2) is 0 Å². The Morgan fingerprint density at radius 1 is 0.880 bits per heavy atom. The van der Waals surface area contributed by atoms with Gasteiger partial charge in [0.1, 0.15) is 6.54 Å². The number of pyridine rings is 1. The molecule has 0 fully saturated rings. The number of alkyl halides is 3. The zero-order valence-electron chi connectivity index (χ0n) is 30.1. The summed E-state index contributed by atoms with van der Waals surface area (Å²) in [4.78, 5) is 4.81. The van der Waals surface area contributed by atoms with Gasteiger partial charge in [-0.05, 0) is 91.5 Å². The number of benzene rings is 3. The molecule has 50 heavy (non-hydrogen) atoms. The third-order valence-corrected chi connectivity index (χ3v) is 9.27. The number of anilines is 1. The van der Waals surface area contributed by atoms with E-state index >= 15 is 0 Å². The number of hydrogen-bond acceptors (Lipinski definition) is 3. The smallest absolute Gasteiger partial charge is 0.379 e. The van der Waals surface area contributed by atoms with Crippen molar-refractivity contribution in [2.24, 2.45) is 0 Å². The normalized spacial score (nSPS) is 13.2. The second-order valence-electron chi connectivity index (χ2n) is 12.4. The highest BCUT2D eigenvalue weighted by atomic mass is 19.4. The molecule has 0 saturated heterocycles. The molecule has 0 bridgehead atoms. The summed E-state index contributed by atoms with van der Waals surface area (Å²) in [6.45, 7) is 17.6. The van der Waals surface area contributed by atoms with Crippen LogP contribution in [-0.4, -0.2) is 17.7 Å².